The van der Waals surface area contributed by atoms with E-state index in [2.05, 4.69) is 26.0 Å². The van der Waals surface area contributed by atoms with E-state index in [0.717, 1.165) is 47.8 Å². The number of amides is 1. The number of carbonyl (C=O) groups is 1. The van der Waals surface area contributed by atoms with Crippen LogP contribution in [0.3, 0.4) is 0 Å². The number of para-hydroxylation sites is 1. The van der Waals surface area contributed by atoms with Gasteiger partial charge in [-0.25, -0.2) is 4.68 Å². The number of hydrogen-bond donors (Lipinski definition) is 0. The van der Waals surface area contributed by atoms with Crippen LogP contribution >= 0.6 is 0 Å². The molecule has 0 radical (unpaired) electrons. The highest BCUT2D eigenvalue weighted by Gasteiger charge is 2.54. The zero-order valence-electron chi connectivity index (χ0n) is 17.1. The largest absolute Gasteiger partial charge is 0.339 e. The van der Waals surface area contributed by atoms with Gasteiger partial charge in [-0.15, -0.1) is 0 Å². The molecule has 4 saturated carbocycles. The Bertz CT molecular complexity index is 830. The average Bonchev–Trinajstić information content (AvgIpc) is 3.15. The van der Waals surface area contributed by atoms with Crippen molar-refractivity contribution in [1.82, 2.24) is 14.7 Å². The maximum Gasteiger partial charge on any atom is 0.257 e. The standard InChI is InChI=1S/C24H31N3O/c1-3-26(4-2)23(28)21-16-27(20-8-6-5-7-9-20)25-22(21)24-13-17-10-18(14-24)12-19(11-17)15-24/h5-9,16-19H,3-4,10-15H2,1-2H3. The molecule has 0 saturated heterocycles. The zero-order valence-corrected chi connectivity index (χ0v) is 17.1. The van der Waals surface area contributed by atoms with E-state index in [4.69, 9.17) is 5.10 Å². The summed E-state index contributed by atoms with van der Waals surface area (Å²) in [7, 11) is 0. The molecule has 4 fully saturated rings. The Kier molecular flexibility index (Phi) is 4.33. The van der Waals surface area contributed by atoms with E-state index in [1.165, 1.54) is 38.5 Å². The van der Waals surface area contributed by atoms with Crippen LogP contribution < -0.4 is 0 Å². The first-order valence-electron chi connectivity index (χ1n) is 11.1. The summed E-state index contributed by atoms with van der Waals surface area (Å²) >= 11 is 0. The van der Waals surface area contributed by atoms with Crippen molar-refractivity contribution in [2.75, 3.05) is 13.1 Å². The minimum absolute atomic E-state index is 0.118. The van der Waals surface area contributed by atoms with Crippen LogP contribution in [0, 0.1) is 17.8 Å². The fourth-order valence-corrected chi connectivity index (χ4v) is 6.72. The third kappa shape index (κ3) is 2.80. The maximum absolute atomic E-state index is 13.4. The molecule has 148 valence electrons. The summed E-state index contributed by atoms with van der Waals surface area (Å²) in [6, 6.07) is 10.2. The van der Waals surface area contributed by atoms with Crippen LogP contribution in [0.15, 0.2) is 36.5 Å². The third-order valence-electron chi connectivity index (χ3n) is 7.56. The molecule has 4 bridgehead atoms. The van der Waals surface area contributed by atoms with E-state index in [9.17, 15) is 4.79 Å². The smallest absolute Gasteiger partial charge is 0.257 e. The normalized spacial score (nSPS) is 30.6. The number of carbonyl (C=O) groups excluding carboxylic acids is 1. The molecule has 1 heterocycles. The molecule has 1 amide bonds. The minimum Gasteiger partial charge on any atom is -0.339 e. The molecule has 1 aromatic heterocycles. The third-order valence-corrected chi connectivity index (χ3v) is 7.56. The van der Waals surface area contributed by atoms with Crippen molar-refractivity contribution in [3.05, 3.63) is 47.8 Å². The van der Waals surface area contributed by atoms with Crippen LogP contribution in [0.1, 0.15) is 68.4 Å². The van der Waals surface area contributed by atoms with Crippen LogP contribution in [0.5, 0.6) is 0 Å². The van der Waals surface area contributed by atoms with Crippen LogP contribution in [-0.2, 0) is 5.41 Å². The Hall–Kier alpha value is -2.10. The lowest BCUT2D eigenvalue weighted by molar-refractivity contribution is -0.00784. The fraction of sp³-hybridized carbons (Fsp3) is 0.583. The molecular weight excluding hydrogens is 346 g/mol. The summed E-state index contributed by atoms with van der Waals surface area (Å²) in [4.78, 5) is 15.4. The van der Waals surface area contributed by atoms with Crippen molar-refractivity contribution in [3.63, 3.8) is 0 Å². The summed E-state index contributed by atoms with van der Waals surface area (Å²) in [5.74, 6) is 2.66. The van der Waals surface area contributed by atoms with Gasteiger partial charge < -0.3 is 4.90 Å². The topological polar surface area (TPSA) is 38.1 Å². The monoisotopic (exact) mass is 377 g/mol. The number of benzene rings is 1. The number of hydrogen-bond acceptors (Lipinski definition) is 2. The molecular formula is C24H31N3O. The molecule has 0 spiro atoms. The predicted octanol–water partition coefficient (Wildman–Crippen LogP) is 4.82. The summed E-state index contributed by atoms with van der Waals surface area (Å²) in [5, 5.41) is 5.11. The van der Waals surface area contributed by atoms with E-state index in [1.807, 2.05) is 34.0 Å². The van der Waals surface area contributed by atoms with Crippen LogP contribution in [0.25, 0.3) is 5.69 Å². The van der Waals surface area contributed by atoms with E-state index >= 15 is 0 Å². The van der Waals surface area contributed by atoms with E-state index in [1.54, 1.807) is 0 Å². The Morgan fingerprint density at radius 1 is 1.04 bits per heavy atom. The molecule has 0 atom stereocenters. The van der Waals surface area contributed by atoms with Gasteiger partial charge >= 0.3 is 0 Å². The van der Waals surface area contributed by atoms with Crippen molar-refractivity contribution in [2.45, 2.75) is 57.8 Å². The van der Waals surface area contributed by atoms with E-state index in [-0.39, 0.29) is 11.3 Å². The van der Waals surface area contributed by atoms with Gasteiger partial charge in [0.1, 0.15) is 0 Å². The second-order valence-electron chi connectivity index (χ2n) is 9.35. The lowest BCUT2D eigenvalue weighted by atomic mass is 9.48. The Morgan fingerprint density at radius 3 is 2.14 bits per heavy atom. The van der Waals surface area contributed by atoms with Gasteiger partial charge in [-0.2, -0.15) is 5.10 Å². The summed E-state index contributed by atoms with van der Waals surface area (Å²) < 4.78 is 1.95. The van der Waals surface area contributed by atoms with Crippen LogP contribution in [-0.4, -0.2) is 33.7 Å². The van der Waals surface area contributed by atoms with E-state index in [0.29, 0.717) is 0 Å². The predicted molar refractivity (Wildman–Crippen MR) is 111 cm³/mol. The van der Waals surface area contributed by atoms with Gasteiger partial charge in [0.15, 0.2) is 0 Å². The Morgan fingerprint density at radius 2 is 1.61 bits per heavy atom. The molecule has 4 nitrogen and oxygen atoms in total. The van der Waals surface area contributed by atoms with Gasteiger partial charge in [0.25, 0.3) is 5.91 Å². The van der Waals surface area contributed by atoms with Gasteiger partial charge in [0, 0.05) is 24.7 Å². The highest BCUT2D eigenvalue weighted by molar-refractivity contribution is 5.95. The molecule has 6 rings (SSSR count). The molecule has 1 aromatic carbocycles. The lowest BCUT2D eigenvalue weighted by Crippen LogP contribution is -2.49. The molecule has 4 aliphatic carbocycles. The van der Waals surface area contributed by atoms with Crippen molar-refractivity contribution >= 4 is 5.91 Å². The Labute approximate surface area is 167 Å². The highest BCUT2D eigenvalue weighted by atomic mass is 16.2. The summed E-state index contributed by atoms with van der Waals surface area (Å²) in [6.45, 7) is 5.61. The molecule has 2 aromatic rings. The Balaban J connectivity index is 1.62. The second-order valence-corrected chi connectivity index (χ2v) is 9.35. The van der Waals surface area contributed by atoms with Crippen LogP contribution in [0.2, 0.25) is 0 Å². The SMILES string of the molecule is CCN(CC)C(=O)c1cn(-c2ccccc2)nc1C12CC3CC(CC(C3)C1)C2. The van der Waals surface area contributed by atoms with E-state index < -0.39 is 0 Å². The van der Waals surface area contributed by atoms with Crippen molar-refractivity contribution in [1.29, 1.82) is 0 Å². The first kappa shape index (κ1) is 18.0. The first-order valence-corrected chi connectivity index (χ1v) is 11.1. The molecule has 0 N–H and O–H groups in total. The van der Waals surface area contributed by atoms with Crippen molar-refractivity contribution in [3.8, 4) is 5.69 Å². The molecule has 4 heteroatoms. The quantitative estimate of drug-likeness (QED) is 0.749. The first-order chi connectivity index (χ1) is 13.6. The van der Waals surface area contributed by atoms with Gasteiger partial charge in [0.05, 0.1) is 16.9 Å². The molecule has 4 aliphatic rings. The summed E-state index contributed by atoms with van der Waals surface area (Å²) in [6.07, 6.45) is 9.88. The molecule has 0 unspecified atom stereocenters. The fourth-order valence-electron chi connectivity index (χ4n) is 6.72. The number of rotatable bonds is 5. The molecule has 0 aliphatic heterocycles. The lowest BCUT2D eigenvalue weighted by Gasteiger charge is -2.56. The van der Waals surface area contributed by atoms with Crippen molar-refractivity contribution < 1.29 is 4.79 Å². The van der Waals surface area contributed by atoms with Crippen molar-refractivity contribution in [2.24, 2.45) is 17.8 Å². The maximum atomic E-state index is 13.4. The van der Waals surface area contributed by atoms with Crippen LogP contribution in [0.4, 0.5) is 0 Å². The average molecular weight is 378 g/mol. The zero-order chi connectivity index (χ0) is 19.3. The summed E-state index contributed by atoms with van der Waals surface area (Å²) in [5.41, 5.74) is 3.08. The van der Waals surface area contributed by atoms with Gasteiger partial charge in [-0.1, -0.05) is 18.2 Å². The van der Waals surface area contributed by atoms with Gasteiger partial charge in [0.2, 0.25) is 0 Å². The number of nitrogens with zero attached hydrogens (tertiary/aromatic N) is 3. The number of aromatic nitrogens is 2. The molecule has 28 heavy (non-hydrogen) atoms. The second kappa shape index (κ2) is 6.75. The minimum atomic E-state index is 0.118. The van der Waals surface area contributed by atoms with Gasteiger partial charge in [-0.3, -0.25) is 4.79 Å². The van der Waals surface area contributed by atoms with Gasteiger partial charge in [-0.05, 0) is 82.3 Å². The highest BCUT2D eigenvalue weighted by Crippen LogP contribution is 2.60.